The van der Waals surface area contributed by atoms with E-state index in [2.05, 4.69) is 0 Å². The molecule has 11 nitrogen and oxygen atoms in total. The van der Waals surface area contributed by atoms with Gasteiger partial charge in [-0.1, -0.05) is 36.4 Å². The van der Waals surface area contributed by atoms with Crippen LogP contribution in [0.1, 0.15) is 0 Å². The lowest BCUT2D eigenvalue weighted by molar-refractivity contribution is -0.403. The van der Waals surface area contributed by atoms with Crippen LogP contribution in [-0.2, 0) is 0 Å². The summed E-state index contributed by atoms with van der Waals surface area (Å²) >= 11 is 0. The Labute approximate surface area is 163 Å². The zero-order valence-electron chi connectivity index (χ0n) is 14.7. The van der Waals surface area contributed by atoms with Crippen LogP contribution in [0.5, 0.6) is 11.5 Å². The Morgan fingerprint density at radius 1 is 0.517 bits per heavy atom. The SMILES string of the molecule is O=[N+]([O-])c1cc([N+](=O)[O-])cc([N+](=O)[O-])c1.Oc1ccccc1.Oc1ccccc1. The highest BCUT2D eigenvalue weighted by molar-refractivity contribution is 5.52. The number of hydrogen-bond donors (Lipinski definition) is 2. The minimum absolute atomic E-state index is 0.322. The molecule has 29 heavy (non-hydrogen) atoms. The number of phenolic OH excluding ortho intramolecular Hbond substituents is 2. The van der Waals surface area contributed by atoms with E-state index in [0.717, 1.165) is 0 Å². The molecule has 0 amide bonds. The topological polar surface area (TPSA) is 170 Å². The van der Waals surface area contributed by atoms with Gasteiger partial charge in [-0.25, -0.2) is 0 Å². The predicted molar refractivity (Wildman–Crippen MR) is 103 cm³/mol. The molecule has 0 aliphatic carbocycles. The zero-order chi connectivity index (χ0) is 21.8. The van der Waals surface area contributed by atoms with Crippen molar-refractivity contribution in [2.75, 3.05) is 0 Å². The Hall–Kier alpha value is -4.54. The van der Waals surface area contributed by atoms with Crippen LogP contribution in [0.25, 0.3) is 0 Å². The smallest absolute Gasteiger partial charge is 0.283 e. The van der Waals surface area contributed by atoms with Gasteiger partial charge < -0.3 is 10.2 Å². The lowest BCUT2D eigenvalue weighted by Crippen LogP contribution is -1.96. The number of phenols is 2. The summed E-state index contributed by atoms with van der Waals surface area (Å²) in [5.41, 5.74) is -2.05. The molecular formula is C18H15N3O8. The third-order valence-corrected chi connectivity index (χ3v) is 3.03. The molecule has 0 unspecified atom stereocenters. The van der Waals surface area contributed by atoms with E-state index >= 15 is 0 Å². The van der Waals surface area contributed by atoms with Crippen molar-refractivity contribution in [3.8, 4) is 11.5 Å². The summed E-state index contributed by atoms with van der Waals surface area (Å²) in [5.74, 6) is 0.644. The Morgan fingerprint density at radius 2 is 0.759 bits per heavy atom. The number of hydrogen-bond acceptors (Lipinski definition) is 8. The second kappa shape index (κ2) is 11.2. The molecule has 0 atom stereocenters. The van der Waals surface area contributed by atoms with E-state index < -0.39 is 31.8 Å². The molecule has 0 aliphatic rings. The van der Waals surface area contributed by atoms with Gasteiger partial charge in [-0.15, -0.1) is 0 Å². The average molecular weight is 401 g/mol. The average Bonchev–Trinajstić information content (AvgIpc) is 2.69. The fraction of sp³-hybridized carbons (Fsp3) is 0. The van der Waals surface area contributed by atoms with Gasteiger partial charge in [-0.05, 0) is 24.3 Å². The Bertz CT molecular complexity index is 849. The van der Waals surface area contributed by atoms with Crippen molar-refractivity contribution in [1.82, 2.24) is 0 Å². The fourth-order valence-corrected chi connectivity index (χ4v) is 1.75. The van der Waals surface area contributed by atoms with Crippen LogP contribution in [0, 0.1) is 30.3 Å². The molecule has 2 N–H and O–H groups in total. The Morgan fingerprint density at radius 3 is 0.897 bits per heavy atom. The summed E-state index contributed by atoms with van der Waals surface area (Å²) in [6, 6.07) is 19.4. The predicted octanol–water partition coefficient (Wildman–Crippen LogP) is 4.20. The van der Waals surface area contributed by atoms with E-state index in [0.29, 0.717) is 29.7 Å². The third kappa shape index (κ3) is 8.59. The van der Waals surface area contributed by atoms with Crippen molar-refractivity contribution in [1.29, 1.82) is 0 Å². The van der Waals surface area contributed by atoms with Gasteiger partial charge in [0.25, 0.3) is 17.1 Å². The normalized spacial score (nSPS) is 9.10. The highest BCUT2D eigenvalue weighted by Crippen LogP contribution is 2.26. The first kappa shape index (κ1) is 22.5. The Balaban J connectivity index is 0.000000248. The number of aromatic hydroxyl groups is 2. The Kier molecular flexibility index (Phi) is 8.71. The molecule has 0 fully saturated rings. The van der Waals surface area contributed by atoms with Gasteiger partial charge >= 0.3 is 0 Å². The van der Waals surface area contributed by atoms with Crippen LogP contribution in [0.4, 0.5) is 17.1 Å². The molecule has 0 radical (unpaired) electrons. The highest BCUT2D eigenvalue weighted by atomic mass is 16.6. The van der Waals surface area contributed by atoms with E-state index in [1.165, 1.54) is 0 Å². The van der Waals surface area contributed by atoms with Crippen LogP contribution in [0.15, 0.2) is 78.9 Å². The number of nitrogens with zero attached hydrogens (tertiary/aromatic N) is 3. The van der Waals surface area contributed by atoms with Gasteiger partial charge in [-0.2, -0.15) is 0 Å². The third-order valence-electron chi connectivity index (χ3n) is 3.03. The second-order valence-corrected chi connectivity index (χ2v) is 5.15. The van der Waals surface area contributed by atoms with E-state index in [1.54, 1.807) is 48.5 Å². The number of rotatable bonds is 3. The lowest BCUT2D eigenvalue weighted by Gasteiger charge is -1.93. The van der Waals surface area contributed by atoms with Gasteiger partial charge in [0.15, 0.2) is 0 Å². The lowest BCUT2D eigenvalue weighted by atomic mass is 10.2. The van der Waals surface area contributed by atoms with Gasteiger partial charge in [0, 0.05) is 0 Å². The first-order valence-electron chi connectivity index (χ1n) is 7.77. The largest absolute Gasteiger partial charge is 0.508 e. The quantitative estimate of drug-likeness (QED) is 0.486. The molecule has 3 aromatic rings. The summed E-state index contributed by atoms with van der Waals surface area (Å²) in [7, 11) is 0. The summed E-state index contributed by atoms with van der Waals surface area (Å²) in [6.45, 7) is 0. The molecule has 0 bridgehead atoms. The van der Waals surface area contributed by atoms with Crippen LogP contribution < -0.4 is 0 Å². The summed E-state index contributed by atoms with van der Waals surface area (Å²) in [6.07, 6.45) is 0. The van der Waals surface area contributed by atoms with Crippen molar-refractivity contribution in [2.45, 2.75) is 0 Å². The van der Waals surface area contributed by atoms with Gasteiger partial charge in [-0.3, -0.25) is 30.3 Å². The molecule has 0 aliphatic heterocycles. The van der Waals surface area contributed by atoms with E-state index in [9.17, 15) is 30.3 Å². The molecule has 0 saturated carbocycles. The van der Waals surface area contributed by atoms with Crippen molar-refractivity contribution in [2.24, 2.45) is 0 Å². The molecule has 3 rings (SSSR count). The second-order valence-electron chi connectivity index (χ2n) is 5.15. The molecule has 0 heterocycles. The van der Waals surface area contributed by atoms with Crippen molar-refractivity contribution < 1.29 is 25.0 Å². The van der Waals surface area contributed by atoms with Crippen molar-refractivity contribution in [3.63, 3.8) is 0 Å². The van der Waals surface area contributed by atoms with E-state index in [4.69, 9.17) is 10.2 Å². The standard InChI is InChI=1S/C6H3N3O6.2C6H6O/c10-7(11)4-1-5(8(12)13)3-6(2-4)9(14)15;2*7-6-4-2-1-3-5-6/h1-3H;2*1-5,7H. The molecule has 3 aromatic carbocycles. The number of para-hydroxylation sites is 2. The summed E-state index contributed by atoms with van der Waals surface area (Å²) in [5, 5.41) is 48.2. The van der Waals surface area contributed by atoms with Crippen LogP contribution >= 0.6 is 0 Å². The minimum Gasteiger partial charge on any atom is -0.508 e. The maximum absolute atomic E-state index is 10.3. The first-order valence-corrected chi connectivity index (χ1v) is 7.77. The molecule has 0 saturated heterocycles. The zero-order valence-corrected chi connectivity index (χ0v) is 14.7. The molecule has 150 valence electrons. The molecule has 0 spiro atoms. The van der Waals surface area contributed by atoms with Crippen LogP contribution in [0.3, 0.4) is 0 Å². The number of nitro benzene ring substituents is 3. The van der Waals surface area contributed by atoms with Crippen molar-refractivity contribution >= 4 is 17.1 Å². The molecular weight excluding hydrogens is 386 g/mol. The maximum atomic E-state index is 10.3. The van der Waals surface area contributed by atoms with Crippen molar-refractivity contribution in [3.05, 3.63) is 109 Å². The first-order chi connectivity index (χ1) is 13.7. The number of nitro groups is 3. The van der Waals surface area contributed by atoms with Gasteiger partial charge in [0.05, 0.1) is 33.0 Å². The van der Waals surface area contributed by atoms with Crippen LogP contribution in [-0.4, -0.2) is 25.0 Å². The number of non-ortho nitro benzene ring substituents is 3. The highest BCUT2D eigenvalue weighted by Gasteiger charge is 2.21. The molecule has 0 aromatic heterocycles. The van der Waals surface area contributed by atoms with Gasteiger partial charge in [0.1, 0.15) is 11.5 Å². The number of benzene rings is 3. The van der Waals surface area contributed by atoms with E-state index in [-0.39, 0.29) is 0 Å². The van der Waals surface area contributed by atoms with E-state index in [1.807, 2.05) is 12.1 Å². The van der Waals surface area contributed by atoms with Gasteiger partial charge in [0.2, 0.25) is 0 Å². The fourth-order valence-electron chi connectivity index (χ4n) is 1.75. The monoisotopic (exact) mass is 401 g/mol. The van der Waals surface area contributed by atoms with Crippen LogP contribution in [0.2, 0.25) is 0 Å². The molecule has 11 heteroatoms. The maximum Gasteiger partial charge on any atom is 0.283 e. The summed E-state index contributed by atoms with van der Waals surface area (Å²) < 4.78 is 0. The summed E-state index contributed by atoms with van der Waals surface area (Å²) in [4.78, 5) is 28.1. The minimum atomic E-state index is -0.931.